The molecule has 0 saturated carbocycles. The van der Waals surface area contributed by atoms with Gasteiger partial charge in [0.1, 0.15) is 5.82 Å². The van der Waals surface area contributed by atoms with Crippen LogP contribution in [0.1, 0.15) is 11.3 Å². The van der Waals surface area contributed by atoms with Crippen molar-refractivity contribution in [3.05, 3.63) is 53.7 Å². The van der Waals surface area contributed by atoms with E-state index in [1.165, 1.54) is 16.9 Å². The van der Waals surface area contributed by atoms with Crippen LogP contribution in [0.4, 0.5) is 11.5 Å². The average molecular weight is 267 g/mol. The molecule has 104 valence electrons. The van der Waals surface area contributed by atoms with E-state index >= 15 is 0 Å². The normalized spacial score (nSPS) is 15.5. The van der Waals surface area contributed by atoms with Gasteiger partial charge in [-0.05, 0) is 37.2 Å². The van der Waals surface area contributed by atoms with E-state index in [1.54, 1.807) is 0 Å². The Hall–Kier alpha value is -1.87. The van der Waals surface area contributed by atoms with E-state index in [4.69, 9.17) is 4.98 Å². The molecule has 0 spiro atoms. The SMILES string of the molecule is CN1CCc2ccc(N(C)c3ccccc3)nc2CC1. The number of likely N-dealkylation sites (N-methyl/N-ethyl adjacent to an activating group) is 1. The molecule has 0 bridgehead atoms. The molecule has 20 heavy (non-hydrogen) atoms. The molecule has 3 heteroatoms. The lowest BCUT2D eigenvalue weighted by Crippen LogP contribution is -2.20. The molecule has 3 rings (SSSR count). The first-order valence-corrected chi connectivity index (χ1v) is 7.20. The number of anilines is 2. The van der Waals surface area contributed by atoms with Crippen molar-refractivity contribution in [3.8, 4) is 0 Å². The first kappa shape index (κ1) is 13.1. The summed E-state index contributed by atoms with van der Waals surface area (Å²) in [5.74, 6) is 1.03. The number of benzene rings is 1. The Bertz CT molecular complexity index is 580. The molecule has 1 aromatic carbocycles. The monoisotopic (exact) mass is 267 g/mol. The highest BCUT2D eigenvalue weighted by atomic mass is 15.2. The molecule has 2 heterocycles. The van der Waals surface area contributed by atoms with Gasteiger partial charge in [-0.3, -0.25) is 0 Å². The van der Waals surface area contributed by atoms with Gasteiger partial charge in [-0.2, -0.15) is 0 Å². The standard InChI is InChI=1S/C17H21N3/c1-19-12-10-14-8-9-17(18-16(14)11-13-19)20(2)15-6-4-3-5-7-15/h3-9H,10-13H2,1-2H3. The van der Waals surface area contributed by atoms with Crippen molar-refractivity contribution in [1.29, 1.82) is 0 Å². The topological polar surface area (TPSA) is 19.4 Å². The van der Waals surface area contributed by atoms with Crippen molar-refractivity contribution < 1.29 is 0 Å². The maximum absolute atomic E-state index is 4.88. The molecule has 1 aliphatic rings. The fraction of sp³-hybridized carbons (Fsp3) is 0.353. The van der Waals surface area contributed by atoms with Gasteiger partial charge in [-0.1, -0.05) is 24.3 Å². The first-order valence-electron chi connectivity index (χ1n) is 7.20. The summed E-state index contributed by atoms with van der Waals surface area (Å²) < 4.78 is 0. The van der Waals surface area contributed by atoms with Crippen LogP contribution < -0.4 is 4.90 Å². The third-order valence-corrected chi connectivity index (χ3v) is 4.03. The van der Waals surface area contributed by atoms with Gasteiger partial charge in [0.15, 0.2) is 0 Å². The van der Waals surface area contributed by atoms with E-state index in [2.05, 4.69) is 60.3 Å². The van der Waals surface area contributed by atoms with E-state index in [-0.39, 0.29) is 0 Å². The van der Waals surface area contributed by atoms with Crippen LogP contribution in [0.15, 0.2) is 42.5 Å². The summed E-state index contributed by atoms with van der Waals surface area (Å²) in [6, 6.07) is 14.8. The summed E-state index contributed by atoms with van der Waals surface area (Å²) in [7, 11) is 4.26. The fourth-order valence-electron chi connectivity index (χ4n) is 2.65. The lowest BCUT2D eigenvalue weighted by atomic mass is 10.1. The molecule has 0 saturated heterocycles. The Morgan fingerprint density at radius 3 is 2.55 bits per heavy atom. The van der Waals surface area contributed by atoms with Crippen molar-refractivity contribution in [1.82, 2.24) is 9.88 Å². The molecular formula is C17H21N3. The summed E-state index contributed by atoms with van der Waals surface area (Å²) in [5, 5.41) is 0. The van der Waals surface area contributed by atoms with Crippen LogP contribution >= 0.6 is 0 Å². The van der Waals surface area contributed by atoms with Gasteiger partial charge in [0.05, 0.1) is 0 Å². The van der Waals surface area contributed by atoms with Crippen molar-refractivity contribution >= 4 is 11.5 Å². The zero-order valence-corrected chi connectivity index (χ0v) is 12.2. The van der Waals surface area contributed by atoms with Crippen molar-refractivity contribution in [3.63, 3.8) is 0 Å². The lowest BCUT2D eigenvalue weighted by molar-refractivity contribution is 0.352. The number of hydrogen-bond acceptors (Lipinski definition) is 3. The maximum Gasteiger partial charge on any atom is 0.132 e. The second-order valence-corrected chi connectivity index (χ2v) is 5.47. The van der Waals surface area contributed by atoms with Gasteiger partial charge in [0.25, 0.3) is 0 Å². The van der Waals surface area contributed by atoms with Crippen LogP contribution in [0.25, 0.3) is 0 Å². The number of aromatic nitrogens is 1. The smallest absolute Gasteiger partial charge is 0.132 e. The van der Waals surface area contributed by atoms with Gasteiger partial charge in [-0.25, -0.2) is 4.98 Å². The van der Waals surface area contributed by atoms with E-state index in [1.807, 2.05) is 6.07 Å². The highest BCUT2D eigenvalue weighted by molar-refractivity contribution is 5.59. The van der Waals surface area contributed by atoms with E-state index in [0.29, 0.717) is 0 Å². The van der Waals surface area contributed by atoms with Crippen LogP contribution in [0.3, 0.4) is 0 Å². The number of rotatable bonds is 2. The Morgan fingerprint density at radius 2 is 1.75 bits per heavy atom. The second-order valence-electron chi connectivity index (χ2n) is 5.47. The molecule has 1 aromatic heterocycles. The zero-order chi connectivity index (χ0) is 13.9. The van der Waals surface area contributed by atoms with Gasteiger partial charge in [0.2, 0.25) is 0 Å². The molecular weight excluding hydrogens is 246 g/mol. The fourth-order valence-corrected chi connectivity index (χ4v) is 2.65. The minimum absolute atomic E-state index is 1.03. The van der Waals surface area contributed by atoms with Crippen LogP contribution in [-0.4, -0.2) is 37.1 Å². The molecule has 3 nitrogen and oxygen atoms in total. The summed E-state index contributed by atoms with van der Waals surface area (Å²) in [4.78, 5) is 9.41. The molecule has 2 aromatic rings. The van der Waals surface area contributed by atoms with E-state index in [0.717, 1.165) is 31.7 Å². The molecule has 1 aliphatic heterocycles. The largest absolute Gasteiger partial charge is 0.329 e. The van der Waals surface area contributed by atoms with Gasteiger partial charge in [0, 0.05) is 37.9 Å². The van der Waals surface area contributed by atoms with Crippen LogP contribution in [-0.2, 0) is 12.8 Å². The third kappa shape index (κ3) is 2.68. The summed E-state index contributed by atoms with van der Waals surface area (Å²) in [6.07, 6.45) is 2.15. The third-order valence-electron chi connectivity index (χ3n) is 4.03. The lowest BCUT2D eigenvalue weighted by Gasteiger charge is -2.19. The van der Waals surface area contributed by atoms with E-state index < -0.39 is 0 Å². The predicted molar refractivity (Wildman–Crippen MR) is 83.6 cm³/mol. The highest BCUT2D eigenvalue weighted by Crippen LogP contribution is 2.24. The molecule has 0 N–H and O–H groups in total. The number of hydrogen-bond donors (Lipinski definition) is 0. The van der Waals surface area contributed by atoms with Crippen molar-refractivity contribution in [2.75, 3.05) is 32.1 Å². The Kier molecular flexibility index (Phi) is 3.70. The summed E-state index contributed by atoms with van der Waals surface area (Å²) in [6.45, 7) is 2.22. The van der Waals surface area contributed by atoms with Crippen LogP contribution in [0.2, 0.25) is 0 Å². The average Bonchev–Trinajstić information content (AvgIpc) is 2.69. The molecule has 0 unspecified atom stereocenters. The van der Waals surface area contributed by atoms with Gasteiger partial charge >= 0.3 is 0 Å². The van der Waals surface area contributed by atoms with Gasteiger partial charge in [-0.15, -0.1) is 0 Å². The quantitative estimate of drug-likeness (QED) is 0.834. The zero-order valence-electron chi connectivity index (χ0n) is 12.2. The Balaban J connectivity index is 1.89. The summed E-state index contributed by atoms with van der Waals surface area (Å²) >= 11 is 0. The summed E-state index contributed by atoms with van der Waals surface area (Å²) in [5.41, 5.74) is 3.83. The minimum atomic E-state index is 1.03. The molecule has 0 atom stereocenters. The van der Waals surface area contributed by atoms with E-state index in [9.17, 15) is 0 Å². The Morgan fingerprint density at radius 1 is 1.00 bits per heavy atom. The maximum atomic E-state index is 4.88. The molecule has 0 aliphatic carbocycles. The van der Waals surface area contributed by atoms with Crippen molar-refractivity contribution in [2.45, 2.75) is 12.8 Å². The number of pyridine rings is 1. The predicted octanol–water partition coefficient (Wildman–Crippen LogP) is 2.88. The second kappa shape index (κ2) is 5.63. The minimum Gasteiger partial charge on any atom is -0.329 e. The number of fused-ring (bicyclic) bond motifs is 1. The highest BCUT2D eigenvalue weighted by Gasteiger charge is 2.14. The van der Waals surface area contributed by atoms with Crippen LogP contribution in [0, 0.1) is 0 Å². The first-order chi connectivity index (χ1) is 9.74. The van der Waals surface area contributed by atoms with Crippen LogP contribution in [0.5, 0.6) is 0 Å². The van der Waals surface area contributed by atoms with Gasteiger partial charge < -0.3 is 9.80 Å². The van der Waals surface area contributed by atoms with Crippen molar-refractivity contribution in [2.24, 2.45) is 0 Å². The molecule has 0 radical (unpaired) electrons. The number of para-hydroxylation sites is 1. The molecule has 0 fully saturated rings. The molecule has 0 amide bonds. The number of nitrogens with zero attached hydrogens (tertiary/aromatic N) is 3. The Labute approximate surface area is 120 Å².